The fourth-order valence-corrected chi connectivity index (χ4v) is 3.27. The summed E-state index contributed by atoms with van der Waals surface area (Å²) in [4.78, 5) is 2.47. The van der Waals surface area contributed by atoms with E-state index in [4.69, 9.17) is 0 Å². The molecule has 3 atom stereocenters. The van der Waals surface area contributed by atoms with Crippen LogP contribution in [0, 0.1) is 23.2 Å². The molecule has 0 radical (unpaired) electrons. The lowest BCUT2D eigenvalue weighted by Gasteiger charge is -2.20. The van der Waals surface area contributed by atoms with Crippen molar-refractivity contribution in [1.82, 2.24) is 10.2 Å². The van der Waals surface area contributed by atoms with Gasteiger partial charge in [-0.15, -0.1) is 0 Å². The van der Waals surface area contributed by atoms with Crippen LogP contribution >= 0.6 is 0 Å². The molecule has 0 spiro atoms. The van der Waals surface area contributed by atoms with Gasteiger partial charge in [0.05, 0.1) is 12.0 Å². The Balaban J connectivity index is 1.64. The molecule has 2 heterocycles. The Kier molecular flexibility index (Phi) is 3.31. The summed E-state index contributed by atoms with van der Waals surface area (Å²) in [6.07, 6.45) is 0. The van der Waals surface area contributed by atoms with Crippen LogP contribution in [0.15, 0.2) is 30.3 Å². The predicted molar refractivity (Wildman–Crippen MR) is 71.1 cm³/mol. The van der Waals surface area contributed by atoms with Gasteiger partial charge < -0.3 is 10.2 Å². The molecule has 94 valence electrons. The van der Waals surface area contributed by atoms with Crippen molar-refractivity contribution in [3.63, 3.8) is 0 Å². The second kappa shape index (κ2) is 5.09. The van der Waals surface area contributed by atoms with E-state index in [2.05, 4.69) is 28.4 Å². The second-order valence-corrected chi connectivity index (χ2v) is 5.49. The van der Waals surface area contributed by atoms with Crippen LogP contribution in [0.25, 0.3) is 0 Å². The highest BCUT2D eigenvalue weighted by Crippen LogP contribution is 2.28. The van der Waals surface area contributed by atoms with E-state index in [9.17, 15) is 5.26 Å². The normalized spacial score (nSPS) is 28.8. The average molecular weight is 241 g/mol. The highest BCUT2D eigenvalue weighted by atomic mass is 15.2. The van der Waals surface area contributed by atoms with Gasteiger partial charge in [-0.05, 0) is 30.5 Å². The maximum Gasteiger partial charge on any atom is 0.0839 e. The minimum Gasteiger partial charge on any atom is -0.316 e. The summed E-state index contributed by atoms with van der Waals surface area (Å²) in [5, 5.41) is 12.8. The van der Waals surface area contributed by atoms with Crippen LogP contribution in [0.3, 0.4) is 0 Å². The van der Waals surface area contributed by atoms with Crippen molar-refractivity contribution in [3.05, 3.63) is 35.9 Å². The summed E-state index contributed by atoms with van der Waals surface area (Å²) in [5.74, 6) is 1.62. The number of nitrogens with one attached hydrogen (secondary N) is 1. The molecular formula is C15H19N3. The second-order valence-electron chi connectivity index (χ2n) is 5.49. The van der Waals surface area contributed by atoms with Gasteiger partial charge in [-0.25, -0.2) is 0 Å². The van der Waals surface area contributed by atoms with Crippen molar-refractivity contribution in [2.75, 3.05) is 32.7 Å². The van der Waals surface area contributed by atoms with E-state index in [1.165, 1.54) is 0 Å². The SMILES string of the molecule is N#CC(CN1CC2CNCC2C1)c1ccccc1. The molecule has 2 aliphatic rings. The maximum absolute atomic E-state index is 9.35. The molecule has 0 aliphatic carbocycles. The standard InChI is InChI=1S/C15H19N3/c16-6-13(12-4-2-1-3-5-12)9-18-10-14-7-17-8-15(14)11-18/h1-5,13-15,17H,7-11H2. The van der Waals surface area contributed by atoms with Gasteiger partial charge in [0.1, 0.15) is 0 Å². The first-order valence-electron chi connectivity index (χ1n) is 6.74. The number of nitriles is 1. The molecule has 18 heavy (non-hydrogen) atoms. The Labute approximate surface area is 108 Å². The number of nitrogens with zero attached hydrogens (tertiary/aromatic N) is 2. The molecule has 0 aromatic heterocycles. The zero-order chi connectivity index (χ0) is 12.4. The van der Waals surface area contributed by atoms with Crippen LogP contribution in [0.4, 0.5) is 0 Å². The molecular weight excluding hydrogens is 222 g/mol. The van der Waals surface area contributed by atoms with E-state index in [1.807, 2.05) is 18.2 Å². The molecule has 3 heteroatoms. The first-order chi connectivity index (χ1) is 8.86. The van der Waals surface area contributed by atoms with Crippen LogP contribution in [0.1, 0.15) is 11.5 Å². The zero-order valence-corrected chi connectivity index (χ0v) is 10.5. The smallest absolute Gasteiger partial charge is 0.0839 e. The first kappa shape index (κ1) is 11.7. The molecule has 0 saturated carbocycles. The number of hydrogen-bond donors (Lipinski definition) is 1. The van der Waals surface area contributed by atoms with Crippen LogP contribution in [-0.4, -0.2) is 37.6 Å². The lowest BCUT2D eigenvalue weighted by Crippen LogP contribution is -2.29. The van der Waals surface area contributed by atoms with Gasteiger partial charge in [-0.3, -0.25) is 0 Å². The molecule has 0 bridgehead atoms. The summed E-state index contributed by atoms with van der Waals surface area (Å²) >= 11 is 0. The minimum atomic E-state index is 0.0120. The number of benzene rings is 1. The third-order valence-corrected chi connectivity index (χ3v) is 4.26. The van der Waals surface area contributed by atoms with Crippen molar-refractivity contribution in [2.45, 2.75) is 5.92 Å². The van der Waals surface area contributed by atoms with Crippen molar-refractivity contribution in [3.8, 4) is 6.07 Å². The Morgan fingerprint density at radius 2 is 1.89 bits per heavy atom. The van der Waals surface area contributed by atoms with Crippen LogP contribution in [-0.2, 0) is 0 Å². The molecule has 2 aliphatic heterocycles. The number of rotatable bonds is 3. The minimum absolute atomic E-state index is 0.0120. The highest BCUT2D eigenvalue weighted by molar-refractivity contribution is 5.25. The summed E-state index contributed by atoms with van der Waals surface area (Å²) in [5.41, 5.74) is 1.15. The van der Waals surface area contributed by atoms with E-state index >= 15 is 0 Å². The number of hydrogen-bond acceptors (Lipinski definition) is 3. The van der Waals surface area contributed by atoms with Gasteiger partial charge in [-0.1, -0.05) is 30.3 Å². The summed E-state index contributed by atoms with van der Waals surface area (Å²) < 4.78 is 0. The van der Waals surface area contributed by atoms with E-state index in [0.717, 1.165) is 50.1 Å². The Hall–Kier alpha value is -1.37. The lowest BCUT2D eigenvalue weighted by molar-refractivity contribution is 0.307. The predicted octanol–water partition coefficient (Wildman–Crippen LogP) is 1.44. The van der Waals surface area contributed by atoms with Crippen LogP contribution < -0.4 is 5.32 Å². The molecule has 2 saturated heterocycles. The zero-order valence-electron chi connectivity index (χ0n) is 10.5. The molecule has 3 nitrogen and oxygen atoms in total. The monoisotopic (exact) mass is 241 g/mol. The Morgan fingerprint density at radius 3 is 2.50 bits per heavy atom. The van der Waals surface area contributed by atoms with Gasteiger partial charge >= 0.3 is 0 Å². The molecule has 2 fully saturated rings. The first-order valence-corrected chi connectivity index (χ1v) is 6.74. The third-order valence-electron chi connectivity index (χ3n) is 4.26. The number of fused-ring (bicyclic) bond motifs is 1. The third kappa shape index (κ3) is 2.27. The Bertz CT molecular complexity index is 425. The summed E-state index contributed by atoms with van der Waals surface area (Å²) in [6.45, 7) is 5.51. The van der Waals surface area contributed by atoms with Crippen molar-refractivity contribution in [1.29, 1.82) is 5.26 Å². The van der Waals surface area contributed by atoms with Gasteiger partial charge in [0.15, 0.2) is 0 Å². The lowest BCUT2D eigenvalue weighted by atomic mass is 10.0. The fourth-order valence-electron chi connectivity index (χ4n) is 3.27. The summed E-state index contributed by atoms with van der Waals surface area (Å²) in [7, 11) is 0. The summed E-state index contributed by atoms with van der Waals surface area (Å²) in [6, 6.07) is 12.6. The van der Waals surface area contributed by atoms with Crippen LogP contribution in [0.2, 0.25) is 0 Å². The van der Waals surface area contributed by atoms with Gasteiger partial charge in [-0.2, -0.15) is 5.26 Å². The van der Waals surface area contributed by atoms with Gasteiger partial charge in [0, 0.05) is 19.6 Å². The Morgan fingerprint density at radius 1 is 1.22 bits per heavy atom. The molecule has 3 rings (SSSR count). The molecule has 1 N–H and O–H groups in total. The average Bonchev–Trinajstić information content (AvgIpc) is 2.97. The van der Waals surface area contributed by atoms with Gasteiger partial charge in [0.2, 0.25) is 0 Å². The molecule has 1 aromatic carbocycles. The van der Waals surface area contributed by atoms with E-state index < -0.39 is 0 Å². The van der Waals surface area contributed by atoms with E-state index in [-0.39, 0.29) is 5.92 Å². The molecule has 1 aromatic rings. The van der Waals surface area contributed by atoms with Gasteiger partial charge in [0.25, 0.3) is 0 Å². The number of likely N-dealkylation sites (tertiary alicyclic amines) is 1. The quantitative estimate of drug-likeness (QED) is 0.870. The largest absolute Gasteiger partial charge is 0.316 e. The topological polar surface area (TPSA) is 39.1 Å². The van der Waals surface area contributed by atoms with Crippen molar-refractivity contribution in [2.24, 2.45) is 11.8 Å². The maximum atomic E-state index is 9.35. The molecule has 0 amide bonds. The van der Waals surface area contributed by atoms with Crippen molar-refractivity contribution >= 4 is 0 Å². The fraction of sp³-hybridized carbons (Fsp3) is 0.533. The van der Waals surface area contributed by atoms with E-state index in [1.54, 1.807) is 0 Å². The van der Waals surface area contributed by atoms with Crippen LogP contribution in [0.5, 0.6) is 0 Å². The molecule has 3 unspecified atom stereocenters. The van der Waals surface area contributed by atoms with E-state index in [0.29, 0.717) is 0 Å². The van der Waals surface area contributed by atoms with Crippen molar-refractivity contribution < 1.29 is 0 Å². The highest BCUT2D eigenvalue weighted by Gasteiger charge is 2.36.